The molecule has 0 atom stereocenters. The Morgan fingerprint density at radius 3 is 2.59 bits per heavy atom. The largest absolute Gasteiger partial charge is 0.295 e. The fourth-order valence-corrected chi connectivity index (χ4v) is 2.13. The molecule has 1 fully saturated rings. The molecule has 3 rings (SSSR count). The van der Waals surface area contributed by atoms with Gasteiger partial charge in [-0.15, -0.1) is 0 Å². The molecular weight excluding hydrogens is 259 g/mol. The fourth-order valence-electron chi connectivity index (χ4n) is 1.83. The van der Waals surface area contributed by atoms with E-state index in [1.165, 1.54) is 4.68 Å². The van der Waals surface area contributed by atoms with E-state index in [-0.39, 0.29) is 5.56 Å². The van der Waals surface area contributed by atoms with Crippen molar-refractivity contribution in [3.8, 4) is 5.69 Å². The highest BCUT2D eigenvalue weighted by Gasteiger charge is 2.26. The second-order valence-corrected chi connectivity index (χ2v) is 5.07. The topological polar surface area (TPSA) is 37.8 Å². The Balaban J connectivity index is 2.07. The van der Waals surface area contributed by atoms with Crippen LogP contribution in [0.1, 0.15) is 24.5 Å². The van der Waals surface area contributed by atoms with Crippen LogP contribution in [0.25, 0.3) is 5.69 Å². The zero-order valence-corrected chi connectivity index (χ0v) is 10.4. The lowest BCUT2D eigenvalue weighted by molar-refractivity contribution is 0.816. The van der Waals surface area contributed by atoms with Gasteiger partial charge in [0.25, 0.3) is 5.56 Å². The Kier molecular flexibility index (Phi) is 2.53. The lowest BCUT2D eigenvalue weighted by atomic mass is 10.3. The third-order valence-electron chi connectivity index (χ3n) is 2.92. The van der Waals surface area contributed by atoms with Gasteiger partial charge in [-0.05, 0) is 31.0 Å². The van der Waals surface area contributed by atoms with Crippen LogP contribution in [-0.4, -0.2) is 9.78 Å². The molecule has 0 aliphatic heterocycles. The molecule has 88 valence electrons. The van der Waals surface area contributed by atoms with Crippen molar-refractivity contribution in [3.63, 3.8) is 0 Å². The summed E-state index contributed by atoms with van der Waals surface area (Å²) in [5.41, 5.74) is 1.64. The van der Waals surface area contributed by atoms with E-state index < -0.39 is 0 Å². The minimum atomic E-state index is -0.0645. The molecule has 0 spiro atoms. The van der Waals surface area contributed by atoms with Crippen LogP contribution in [0.4, 0.5) is 0 Å². The number of H-pyrrole nitrogens is 1. The van der Waals surface area contributed by atoms with E-state index in [0.29, 0.717) is 21.7 Å². The summed E-state index contributed by atoms with van der Waals surface area (Å²) in [6.07, 6.45) is 2.31. The number of benzene rings is 1. The molecule has 1 saturated carbocycles. The van der Waals surface area contributed by atoms with Crippen molar-refractivity contribution >= 4 is 23.2 Å². The molecular formula is C12H10Cl2N2O. The highest BCUT2D eigenvalue weighted by molar-refractivity contribution is 6.42. The highest BCUT2D eigenvalue weighted by Crippen LogP contribution is 2.38. The molecule has 5 heteroatoms. The molecule has 1 aromatic heterocycles. The van der Waals surface area contributed by atoms with Gasteiger partial charge in [-0.25, -0.2) is 4.68 Å². The molecule has 2 aromatic rings. The second-order valence-electron chi connectivity index (χ2n) is 4.26. The van der Waals surface area contributed by atoms with Crippen molar-refractivity contribution in [2.75, 3.05) is 0 Å². The quantitative estimate of drug-likeness (QED) is 0.891. The molecule has 1 heterocycles. The zero-order valence-electron chi connectivity index (χ0n) is 8.91. The van der Waals surface area contributed by atoms with Gasteiger partial charge < -0.3 is 0 Å². The van der Waals surface area contributed by atoms with Crippen molar-refractivity contribution in [2.24, 2.45) is 0 Å². The van der Waals surface area contributed by atoms with Gasteiger partial charge in [0, 0.05) is 17.7 Å². The summed E-state index contributed by atoms with van der Waals surface area (Å²) in [7, 11) is 0. The zero-order chi connectivity index (χ0) is 12.0. The Bertz CT molecular complexity index is 626. The first-order valence-corrected chi connectivity index (χ1v) is 6.18. The third-order valence-corrected chi connectivity index (χ3v) is 3.66. The van der Waals surface area contributed by atoms with Gasteiger partial charge in [0.1, 0.15) is 0 Å². The number of nitrogens with zero attached hydrogens (tertiary/aromatic N) is 1. The predicted molar refractivity (Wildman–Crippen MR) is 68.4 cm³/mol. The molecule has 1 aromatic carbocycles. The third kappa shape index (κ3) is 2.01. The Morgan fingerprint density at radius 2 is 1.94 bits per heavy atom. The Morgan fingerprint density at radius 1 is 1.18 bits per heavy atom. The van der Waals surface area contributed by atoms with E-state index in [0.717, 1.165) is 18.5 Å². The van der Waals surface area contributed by atoms with E-state index in [4.69, 9.17) is 23.2 Å². The maximum Gasteiger partial charge on any atom is 0.271 e. The summed E-state index contributed by atoms with van der Waals surface area (Å²) < 4.78 is 1.50. The highest BCUT2D eigenvalue weighted by atomic mass is 35.5. The van der Waals surface area contributed by atoms with Gasteiger partial charge in [-0.2, -0.15) is 0 Å². The average molecular weight is 269 g/mol. The number of halogens is 2. The second kappa shape index (κ2) is 3.93. The molecule has 1 aliphatic rings. The fraction of sp³-hybridized carbons (Fsp3) is 0.250. The van der Waals surface area contributed by atoms with Gasteiger partial charge in [0.05, 0.1) is 15.7 Å². The van der Waals surface area contributed by atoms with Crippen LogP contribution in [0.5, 0.6) is 0 Å². The first-order chi connectivity index (χ1) is 8.15. The van der Waals surface area contributed by atoms with Gasteiger partial charge in [-0.1, -0.05) is 23.2 Å². The predicted octanol–water partition coefficient (Wildman–Crippen LogP) is 3.35. The van der Waals surface area contributed by atoms with Crippen LogP contribution in [0.3, 0.4) is 0 Å². The normalized spacial score (nSPS) is 15.2. The molecule has 0 amide bonds. The molecule has 0 bridgehead atoms. The van der Waals surface area contributed by atoms with Gasteiger partial charge >= 0.3 is 0 Å². The lowest BCUT2D eigenvalue weighted by Crippen LogP contribution is -2.13. The van der Waals surface area contributed by atoms with Crippen LogP contribution in [0, 0.1) is 0 Å². The maximum absolute atomic E-state index is 11.8. The summed E-state index contributed by atoms with van der Waals surface area (Å²) in [6, 6.07) is 6.78. The van der Waals surface area contributed by atoms with E-state index in [1.54, 1.807) is 24.3 Å². The van der Waals surface area contributed by atoms with E-state index in [9.17, 15) is 4.79 Å². The van der Waals surface area contributed by atoms with Crippen molar-refractivity contribution in [1.82, 2.24) is 9.78 Å². The van der Waals surface area contributed by atoms with Crippen LogP contribution >= 0.6 is 23.2 Å². The summed E-state index contributed by atoms with van der Waals surface area (Å²) in [5, 5.41) is 4.04. The van der Waals surface area contributed by atoms with Gasteiger partial charge in [-0.3, -0.25) is 9.89 Å². The Hall–Kier alpha value is -1.19. The smallest absolute Gasteiger partial charge is 0.271 e. The molecule has 17 heavy (non-hydrogen) atoms. The van der Waals surface area contributed by atoms with E-state index in [1.807, 2.05) is 0 Å². The number of nitrogens with one attached hydrogen (secondary N) is 1. The van der Waals surface area contributed by atoms with Crippen molar-refractivity contribution in [1.29, 1.82) is 0 Å². The Labute approximate surface area is 108 Å². The maximum atomic E-state index is 11.8. The standard InChI is InChI=1S/C12H10Cl2N2O/c13-9-4-3-8(5-10(9)14)16-12(17)6-11(15-16)7-1-2-7/h3-7,15H,1-2H2. The molecule has 0 unspecified atom stereocenters. The van der Waals surface area contributed by atoms with E-state index in [2.05, 4.69) is 5.10 Å². The number of aromatic amines is 1. The van der Waals surface area contributed by atoms with Crippen molar-refractivity contribution in [2.45, 2.75) is 18.8 Å². The summed E-state index contributed by atoms with van der Waals surface area (Å²) in [6.45, 7) is 0. The summed E-state index contributed by atoms with van der Waals surface area (Å²) in [5.74, 6) is 0.520. The van der Waals surface area contributed by atoms with Crippen molar-refractivity contribution < 1.29 is 0 Å². The van der Waals surface area contributed by atoms with Crippen LogP contribution in [0.15, 0.2) is 29.1 Å². The first kappa shape index (κ1) is 10.9. The van der Waals surface area contributed by atoms with Crippen LogP contribution < -0.4 is 5.56 Å². The van der Waals surface area contributed by atoms with Crippen LogP contribution in [0.2, 0.25) is 10.0 Å². The number of hydrogen-bond acceptors (Lipinski definition) is 1. The molecule has 0 saturated heterocycles. The summed E-state index contributed by atoms with van der Waals surface area (Å²) >= 11 is 11.8. The molecule has 1 N–H and O–H groups in total. The minimum absolute atomic E-state index is 0.0645. The molecule has 3 nitrogen and oxygen atoms in total. The number of aromatic nitrogens is 2. The van der Waals surface area contributed by atoms with Gasteiger partial charge in [0.15, 0.2) is 0 Å². The monoisotopic (exact) mass is 268 g/mol. The molecule has 1 aliphatic carbocycles. The van der Waals surface area contributed by atoms with E-state index >= 15 is 0 Å². The lowest BCUT2D eigenvalue weighted by Gasteiger charge is -2.03. The number of rotatable bonds is 2. The van der Waals surface area contributed by atoms with Crippen molar-refractivity contribution in [3.05, 3.63) is 50.4 Å². The summed E-state index contributed by atoms with van der Waals surface area (Å²) in [4.78, 5) is 11.8. The van der Waals surface area contributed by atoms with Crippen LogP contribution in [-0.2, 0) is 0 Å². The first-order valence-electron chi connectivity index (χ1n) is 5.42. The average Bonchev–Trinajstić information content (AvgIpc) is 3.07. The minimum Gasteiger partial charge on any atom is -0.295 e. The molecule has 0 radical (unpaired) electrons. The van der Waals surface area contributed by atoms with Gasteiger partial charge in [0.2, 0.25) is 0 Å². The SMILES string of the molecule is O=c1cc(C2CC2)[nH]n1-c1ccc(Cl)c(Cl)c1. The number of hydrogen-bond donors (Lipinski definition) is 1.